The van der Waals surface area contributed by atoms with Gasteiger partial charge in [-0.3, -0.25) is 4.79 Å². The number of rotatable bonds is 7. The van der Waals surface area contributed by atoms with Gasteiger partial charge in [-0.05, 0) is 18.2 Å². The maximum atomic E-state index is 13.1. The number of carbonyl (C=O) groups is 1. The Morgan fingerprint density at radius 1 is 1.09 bits per heavy atom. The van der Waals surface area contributed by atoms with Gasteiger partial charge >= 0.3 is 0 Å². The Morgan fingerprint density at radius 2 is 1.65 bits per heavy atom. The van der Waals surface area contributed by atoms with Crippen LogP contribution >= 0.6 is 0 Å². The summed E-state index contributed by atoms with van der Waals surface area (Å²) < 4.78 is 10.5. The van der Waals surface area contributed by atoms with Crippen molar-refractivity contribution in [3.63, 3.8) is 0 Å². The van der Waals surface area contributed by atoms with Crippen molar-refractivity contribution in [2.75, 3.05) is 14.2 Å². The van der Waals surface area contributed by atoms with Crippen LogP contribution in [0.4, 0.5) is 0 Å². The van der Waals surface area contributed by atoms with Gasteiger partial charge in [0.15, 0.2) is 5.60 Å². The van der Waals surface area contributed by atoms with E-state index in [0.29, 0.717) is 22.6 Å². The van der Waals surface area contributed by atoms with Crippen molar-refractivity contribution < 1.29 is 19.4 Å². The van der Waals surface area contributed by atoms with Crippen LogP contribution in [0, 0.1) is 0 Å². The fraction of sp³-hybridized carbons (Fsp3) is 0.211. The molecule has 4 nitrogen and oxygen atoms in total. The number of carbonyl (C=O) groups excluding carboxylic acids is 1. The van der Waals surface area contributed by atoms with Gasteiger partial charge in [0.05, 0.1) is 19.8 Å². The summed E-state index contributed by atoms with van der Waals surface area (Å²) in [6.07, 6.45) is 1.57. The summed E-state index contributed by atoms with van der Waals surface area (Å²) in [6.45, 7) is 3.66. The SMILES string of the molecule is C=CCC(O)(C(=O)c1ccccc1OC)c1ccccc1OC. The molecule has 0 aromatic heterocycles. The average molecular weight is 312 g/mol. The van der Waals surface area contributed by atoms with E-state index in [1.807, 2.05) is 0 Å². The molecule has 0 spiro atoms. The highest BCUT2D eigenvalue weighted by Crippen LogP contribution is 2.37. The van der Waals surface area contributed by atoms with E-state index in [9.17, 15) is 9.90 Å². The van der Waals surface area contributed by atoms with E-state index < -0.39 is 11.4 Å². The third-order valence-electron chi connectivity index (χ3n) is 3.72. The Balaban J connectivity index is 2.60. The molecule has 2 aromatic carbocycles. The van der Waals surface area contributed by atoms with Gasteiger partial charge in [-0.25, -0.2) is 0 Å². The molecule has 0 bridgehead atoms. The molecular formula is C19H20O4. The van der Waals surface area contributed by atoms with Gasteiger partial charge in [-0.2, -0.15) is 0 Å². The highest BCUT2D eigenvalue weighted by Gasteiger charge is 2.40. The van der Waals surface area contributed by atoms with Gasteiger partial charge in [0.25, 0.3) is 0 Å². The summed E-state index contributed by atoms with van der Waals surface area (Å²) in [5, 5.41) is 11.2. The summed E-state index contributed by atoms with van der Waals surface area (Å²) in [6, 6.07) is 13.7. The Labute approximate surface area is 136 Å². The lowest BCUT2D eigenvalue weighted by molar-refractivity contribution is 0.0298. The average Bonchev–Trinajstić information content (AvgIpc) is 2.61. The van der Waals surface area contributed by atoms with E-state index in [1.54, 1.807) is 48.5 Å². The van der Waals surface area contributed by atoms with Crippen molar-refractivity contribution in [2.45, 2.75) is 12.0 Å². The number of ketones is 1. The molecule has 1 unspecified atom stereocenters. The Hall–Kier alpha value is -2.59. The van der Waals surface area contributed by atoms with Gasteiger partial charge in [0.1, 0.15) is 11.5 Å². The second-order valence-corrected chi connectivity index (χ2v) is 5.08. The predicted octanol–water partition coefficient (Wildman–Crippen LogP) is 3.35. The molecule has 2 rings (SSSR count). The van der Waals surface area contributed by atoms with Crippen LogP contribution in [0.5, 0.6) is 11.5 Å². The van der Waals surface area contributed by atoms with Crippen molar-refractivity contribution in [1.29, 1.82) is 0 Å². The zero-order valence-corrected chi connectivity index (χ0v) is 13.3. The molecule has 2 aromatic rings. The first-order valence-corrected chi connectivity index (χ1v) is 7.23. The number of ether oxygens (including phenoxy) is 2. The largest absolute Gasteiger partial charge is 0.496 e. The molecular weight excluding hydrogens is 292 g/mol. The lowest BCUT2D eigenvalue weighted by Crippen LogP contribution is -2.36. The first kappa shape index (κ1) is 16.8. The Bertz CT molecular complexity index is 708. The van der Waals surface area contributed by atoms with E-state index >= 15 is 0 Å². The van der Waals surface area contributed by atoms with E-state index in [2.05, 4.69) is 6.58 Å². The zero-order chi connectivity index (χ0) is 16.9. The number of hydrogen-bond acceptors (Lipinski definition) is 4. The molecule has 0 saturated carbocycles. The minimum atomic E-state index is -1.77. The fourth-order valence-corrected chi connectivity index (χ4v) is 2.58. The molecule has 0 fully saturated rings. The van der Waals surface area contributed by atoms with Crippen molar-refractivity contribution in [3.05, 3.63) is 72.3 Å². The van der Waals surface area contributed by atoms with Gasteiger partial charge in [-0.15, -0.1) is 6.58 Å². The zero-order valence-electron chi connectivity index (χ0n) is 13.3. The van der Waals surface area contributed by atoms with Gasteiger partial charge < -0.3 is 14.6 Å². The molecule has 0 amide bonds. The number of aliphatic hydroxyl groups is 1. The van der Waals surface area contributed by atoms with Crippen LogP contribution in [0.15, 0.2) is 61.2 Å². The minimum absolute atomic E-state index is 0.0598. The third kappa shape index (κ3) is 3.12. The number of para-hydroxylation sites is 2. The van der Waals surface area contributed by atoms with Crippen LogP contribution in [-0.4, -0.2) is 25.1 Å². The molecule has 0 saturated heterocycles. The maximum absolute atomic E-state index is 13.1. The molecule has 23 heavy (non-hydrogen) atoms. The quantitative estimate of drug-likeness (QED) is 0.629. The number of hydrogen-bond donors (Lipinski definition) is 1. The minimum Gasteiger partial charge on any atom is -0.496 e. The summed E-state index contributed by atoms with van der Waals surface area (Å²) >= 11 is 0. The predicted molar refractivity (Wildman–Crippen MR) is 89.0 cm³/mol. The summed E-state index contributed by atoms with van der Waals surface area (Å²) in [5.74, 6) is 0.398. The molecule has 0 heterocycles. The van der Waals surface area contributed by atoms with Crippen molar-refractivity contribution in [2.24, 2.45) is 0 Å². The second-order valence-electron chi connectivity index (χ2n) is 5.08. The standard InChI is InChI=1S/C19H20O4/c1-4-13-19(21,15-10-6-8-12-17(15)23-3)18(20)14-9-5-7-11-16(14)22-2/h4-12,21H,1,13H2,2-3H3. The number of Topliss-reactive ketones (excluding diaryl/α,β-unsaturated/α-hetero) is 1. The van der Waals surface area contributed by atoms with Crippen LogP contribution in [-0.2, 0) is 5.60 Å². The number of methoxy groups -OCH3 is 2. The second kappa shape index (κ2) is 7.11. The van der Waals surface area contributed by atoms with Crippen molar-refractivity contribution >= 4 is 5.78 Å². The fourth-order valence-electron chi connectivity index (χ4n) is 2.58. The van der Waals surface area contributed by atoms with E-state index in [0.717, 1.165) is 0 Å². The van der Waals surface area contributed by atoms with Crippen LogP contribution in [0.25, 0.3) is 0 Å². The molecule has 1 N–H and O–H groups in total. The molecule has 1 atom stereocenters. The van der Waals surface area contributed by atoms with Crippen LogP contribution in [0.1, 0.15) is 22.3 Å². The Kier molecular flexibility index (Phi) is 5.19. The summed E-state index contributed by atoms with van der Waals surface area (Å²) in [5.41, 5.74) is -1.06. The number of benzene rings is 2. The highest BCUT2D eigenvalue weighted by atomic mass is 16.5. The maximum Gasteiger partial charge on any atom is 0.203 e. The molecule has 4 heteroatoms. The van der Waals surface area contributed by atoms with Gasteiger partial charge in [0.2, 0.25) is 5.78 Å². The smallest absolute Gasteiger partial charge is 0.203 e. The van der Waals surface area contributed by atoms with Crippen molar-refractivity contribution in [3.8, 4) is 11.5 Å². The molecule has 0 radical (unpaired) electrons. The van der Waals surface area contributed by atoms with Crippen molar-refractivity contribution in [1.82, 2.24) is 0 Å². The van der Waals surface area contributed by atoms with Gasteiger partial charge in [-0.1, -0.05) is 36.4 Å². The molecule has 0 aliphatic rings. The molecule has 120 valence electrons. The van der Waals surface area contributed by atoms with E-state index in [-0.39, 0.29) is 6.42 Å². The summed E-state index contributed by atoms with van der Waals surface area (Å²) in [4.78, 5) is 13.1. The molecule has 0 aliphatic carbocycles. The first-order valence-electron chi connectivity index (χ1n) is 7.23. The Morgan fingerprint density at radius 3 is 2.26 bits per heavy atom. The lowest BCUT2D eigenvalue weighted by Gasteiger charge is -2.28. The summed E-state index contributed by atoms with van der Waals surface area (Å²) in [7, 11) is 2.99. The molecule has 0 aliphatic heterocycles. The topological polar surface area (TPSA) is 55.8 Å². The third-order valence-corrected chi connectivity index (χ3v) is 3.72. The normalized spacial score (nSPS) is 13.0. The van der Waals surface area contributed by atoms with Gasteiger partial charge in [0, 0.05) is 12.0 Å². The monoisotopic (exact) mass is 312 g/mol. The van der Waals surface area contributed by atoms with Crippen LogP contribution in [0.2, 0.25) is 0 Å². The van der Waals surface area contributed by atoms with Crippen LogP contribution < -0.4 is 9.47 Å². The van der Waals surface area contributed by atoms with Crippen LogP contribution in [0.3, 0.4) is 0 Å². The van der Waals surface area contributed by atoms with E-state index in [1.165, 1.54) is 20.3 Å². The first-order chi connectivity index (χ1) is 11.1. The highest BCUT2D eigenvalue weighted by molar-refractivity contribution is 6.05. The lowest BCUT2D eigenvalue weighted by atomic mass is 9.82. The van der Waals surface area contributed by atoms with E-state index in [4.69, 9.17) is 9.47 Å².